The molecule has 1 N–H and O–H groups in total. The second kappa shape index (κ2) is 7.25. The molecule has 0 aromatic heterocycles. The Balaban J connectivity index is 1.64. The van der Waals surface area contributed by atoms with Crippen molar-refractivity contribution < 1.29 is 14.6 Å². The Labute approximate surface area is 158 Å². The molecule has 4 heteroatoms. The van der Waals surface area contributed by atoms with Crippen molar-refractivity contribution in [1.82, 2.24) is 4.90 Å². The first-order valence-electron chi connectivity index (χ1n) is 8.96. The van der Waals surface area contributed by atoms with Gasteiger partial charge in [0.05, 0.1) is 19.8 Å². The number of hydrogen-bond acceptors (Lipinski definition) is 3. The molecule has 1 atom stereocenters. The Kier molecular flexibility index (Phi) is 4.65. The smallest absolute Gasteiger partial charge is 0.254 e. The van der Waals surface area contributed by atoms with Gasteiger partial charge in [0.15, 0.2) is 0 Å². The summed E-state index contributed by atoms with van der Waals surface area (Å²) >= 11 is 0. The van der Waals surface area contributed by atoms with Gasteiger partial charge < -0.3 is 14.7 Å². The zero-order valence-corrected chi connectivity index (χ0v) is 15.1. The summed E-state index contributed by atoms with van der Waals surface area (Å²) < 4.78 is 5.44. The number of amides is 1. The summed E-state index contributed by atoms with van der Waals surface area (Å²) in [5, 5.41) is 10.4. The minimum absolute atomic E-state index is 0.0831. The molecule has 4 rings (SSSR count). The number of ether oxygens (including phenoxy) is 1. The molecule has 0 aliphatic carbocycles. The fraction of sp³-hybridized carbons (Fsp3) is 0.174. The fourth-order valence-corrected chi connectivity index (χ4v) is 3.62. The van der Waals surface area contributed by atoms with Crippen LogP contribution in [0.15, 0.2) is 72.8 Å². The lowest BCUT2D eigenvalue weighted by Gasteiger charge is -2.32. The third-order valence-corrected chi connectivity index (χ3v) is 4.98. The van der Waals surface area contributed by atoms with Gasteiger partial charge in [-0.05, 0) is 34.9 Å². The van der Waals surface area contributed by atoms with E-state index in [1.54, 1.807) is 12.0 Å². The van der Waals surface area contributed by atoms with Gasteiger partial charge in [-0.1, -0.05) is 54.6 Å². The normalized spacial score (nSPS) is 15.9. The van der Waals surface area contributed by atoms with Crippen LogP contribution in [0.4, 0.5) is 0 Å². The van der Waals surface area contributed by atoms with Gasteiger partial charge in [-0.15, -0.1) is 0 Å². The molecule has 1 aliphatic heterocycles. The quantitative estimate of drug-likeness (QED) is 0.767. The zero-order valence-electron chi connectivity index (χ0n) is 15.1. The number of rotatable bonds is 3. The van der Waals surface area contributed by atoms with E-state index in [1.165, 1.54) is 0 Å². The number of benzene rings is 3. The summed E-state index contributed by atoms with van der Waals surface area (Å²) in [6.45, 7) is 0.805. The van der Waals surface area contributed by atoms with Crippen molar-refractivity contribution in [1.29, 1.82) is 0 Å². The lowest BCUT2D eigenvalue weighted by atomic mass is 9.96. The molecular formula is C23H21NO3. The van der Waals surface area contributed by atoms with E-state index in [4.69, 9.17) is 4.74 Å². The van der Waals surface area contributed by atoms with Crippen molar-refractivity contribution in [2.24, 2.45) is 0 Å². The summed E-state index contributed by atoms with van der Waals surface area (Å²) in [6, 6.07) is 23.0. The molecular weight excluding hydrogens is 338 g/mol. The molecule has 0 saturated carbocycles. The number of carbonyl (C=O) groups is 1. The Bertz CT molecular complexity index is 983. The van der Waals surface area contributed by atoms with Crippen LogP contribution in [0.25, 0.3) is 11.1 Å². The van der Waals surface area contributed by atoms with Crippen LogP contribution in [0, 0.1) is 0 Å². The molecule has 4 nitrogen and oxygen atoms in total. The van der Waals surface area contributed by atoms with Gasteiger partial charge in [0, 0.05) is 17.7 Å². The first-order valence-corrected chi connectivity index (χ1v) is 8.96. The van der Waals surface area contributed by atoms with Crippen molar-refractivity contribution >= 4 is 5.91 Å². The third kappa shape index (κ3) is 3.32. The second-order valence-corrected chi connectivity index (χ2v) is 6.68. The maximum atomic E-state index is 13.1. The number of fused-ring (bicyclic) bond motifs is 1. The molecule has 3 aromatic carbocycles. The van der Waals surface area contributed by atoms with E-state index in [1.807, 2.05) is 72.8 Å². The zero-order chi connectivity index (χ0) is 18.8. The molecule has 1 aliphatic rings. The van der Waals surface area contributed by atoms with Gasteiger partial charge in [-0.2, -0.15) is 0 Å². The van der Waals surface area contributed by atoms with Crippen LogP contribution in [0.1, 0.15) is 27.6 Å². The van der Waals surface area contributed by atoms with Crippen LogP contribution in [0.2, 0.25) is 0 Å². The van der Waals surface area contributed by atoms with E-state index in [9.17, 15) is 9.90 Å². The molecule has 0 saturated heterocycles. The average Bonchev–Trinajstić information content (AvgIpc) is 2.73. The number of aliphatic hydroxyl groups excluding tert-OH is 1. The summed E-state index contributed by atoms with van der Waals surface area (Å²) in [6.07, 6.45) is -0.656. The molecule has 27 heavy (non-hydrogen) atoms. The molecule has 0 fully saturated rings. The number of hydrogen-bond donors (Lipinski definition) is 1. The molecule has 1 heterocycles. The van der Waals surface area contributed by atoms with Crippen molar-refractivity contribution in [3.05, 3.63) is 89.5 Å². The van der Waals surface area contributed by atoms with Crippen LogP contribution in [-0.2, 0) is 6.54 Å². The second-order valence-electron chi connectivity index (χ2n) is 6.68. The fourth-order valence-electron chi connectivity index (χ4n) is 3.62. The number of carbonyl (C=O) groups excluding carboxylic acids is 1. The Morgan fingerprint density at radius 1 is 1.04 bits per heavy atom. The number of β-amino-alcohol motifs (C(OH)–C–C–N with tert-alkyl or cyclic N) is 1. The highest BCUT2D eigenvalue weighted by Gasteiger charge is 2.27. The maximum Gasteiger partial charge on any atom is 0.254 e. The number of methoxy groups -OCH3 is 1. The predicted molar refractivity (Wildman–Crippen MR) is 105 cm³/mol. The Morgan fingerprint density at radius 3 is 2.67 bits per heavy atom. The summed E-state index contributed by atoms with van der Waals surface area (Å²) in [5.74, 6) is 0.685. The topological polar surface area (TPSA) is 49.8 Å². The largest absolute Gasteiger partial charge is 0.496 e. The van der Waals surface area contributed by atoms with Gasteiger partial charge in [-0.25, -0.2) is 0 Å². The van der Waals surface area contributed by atoms with Crippen LogP contribution in [0.3, 0.4) is 0 Å². The summed E-state index contributed by atoms with van der Waals surface area (Å²) in [4.78, 5) is 14.8. The van der Waals surface area contributed by atoms with Gasteiger partial charge in [0.25, 0.3) is 5.91 Å². The van der Waals surface area contributed by atoms with E-state index in [2.05, 4.69) is 0 Å². The number of para-hydroxylation sites is 1. The number of nitrogens with zero attached hydrogens (tertiary/aromatic N) is 1. The highest BCUT2D eigenvalue weighted by Crippen LogP contribution is 2.31. The van der Waals surface area contributed by atoms with Gasteiger partial charge in [0.1, 0.15) is 5.75 Å². The minimum atomic E-state index is -0.656. The van der Waals surface area contributed by atoms with E-state index >= 15 is 0 Å². The van der Waals surface area contributed by atoms with Crippen molar-refractivity contribution in [3.63, 3.8) is 0 Å². The number of aliphatic hydroxyl groups is 1. The molecule has 1 amide bonds. The van der Waals surface area contributed by atoms with Crippen molar-refractivity contribution in [2.45, 2.75) is 12.6 Å². The Morgan fingerprint density at radius 2 is 1.81 bits per heavy atom. The lowest BCUT2D eigenvalue weighted by Crippen LogP contribution is -2.38. The van der Waals surface area contributed by atoms with Crippen LogP contribution in [0.5, 0.6) is 5.75 Å². The summed E-state index contributed by atoms with van der Waals surface area (Å²) in [7, 11) is 1.64. The minimum Gasteiger partial charge on any atom is -0.496 e. The third-order valence-electron chi connectivity index (χ3n) is 4.98. The lowest BCUT2D eigenvalue weighted by molar-refractivity contribution is 0.0550. The van der Waals surface area contributed by atoms with E-state index in [-0.39, 0.29) is 5.91 Å². The first kappa shape index (κ1) is 17.3. The van der Waals surface area contributed by atoms with Crippen LogP contribution in [-0.4, -0.2) is 29.6 Å². The molecule has 0 unspecified atom stereocenters. The predicted octanol–water partition coefficient (Wildman–Crippen LogP) is 4.05. The van der Waals surface area contributed by atoms with Crippen LogP contribution >= 0.6 is 0 Å². The van der Waals surface area contributed by atoms with Crippen molar-refractivity contribution in [2.75, 3.05) is 13.7 Å². The van der Waals surface area contributed by atoms with Gasteiger partial charge in [0.2, 0.25) is 0 Å². The average molecular weight is 359 g/mol. The van der Waals surface area contributed by atoms with Gasteiger partial charge >= 0.3 is 0 Å². The summed E-state index contributed by atoms with van der Waals surface area (Å²) in [5.41, 5.74) is 4.37. The molecule has 0 spiro atoms. The SMILES string of the molecule is COc1ccccc1-c1cccc(C(=O)N2Cc3ccccc3[C@H](O)C2)c1. The molecule has 0 radical (unpaired) electrons. The Hall–Kier alpha value is -3.11. The molecule has 3 aromatic rings. The first-order chi connectivity index (χ1) is 13.2. The van der Waals surface area contributed by atoms with Gasteiger partial charge in [-0.3, -0.25) is 4.79 Å². The van der Waals surface area contributed by atoms with E-state index in [0.29, 0.717) is 18.7 Å². The monoisotopic (exact) mass is 359 g/mol. The maximum absolute atomic E-state index is 13.1. The van der Waals surface area contributed by atoms with E-state index in [0.717, 1.165) is 28.0 Å². The molecule has 136 valence electrons. The highest BCUT2D eigenvalue weighted by atomic mass is 16.5. The molecule has 0 bridgehead atoms. The van der Waals surface area contributed by atoms with E-state index < -0.39 is 6.10 Å². The highest BCUT2D eigenvalue weighted by molar-refractivity contribution is 5.96. The van der Waals surface area contributed by atoms with Crippen molar-refractivity contribution in [3.8, 4) is 16.9 Å². The van der Waals surface area contributed by atoms with Crippen LogP contribution < -0.4 is 4.74 Å². The standard InChI is InChI=1S/C23H21NO3/c1-27-22-12-5-4-11-20(22)16-8-6-9-17(13-16)23(26)24-14-18-7-2-3-10-19(18)21(25)15-24/h2-13,21,25H,14-15H2,1H3/t21-/m1/s1.